The van der Waals surface area contributed by atoms with Crippen molar-refractivity contribution in [3.63, 3.8) is 0 Å². The Kier molecular flexibility index (Phi) is 6.37. The van der Waals surface area contributed by atoms with Gasteiger partial charge in [-0.05, 0) is 41.8 Å². The Hall–Kier alpha value is -3.64. The molecule has 0 aliphatic rings. The molecule has 0 bridgehead atoms. The van der Waals surface area contributed by atoms with Gasteiger partial charge in [0.1, 0.15) is 24.7 Å². The fourth-order valence-electron chi connectivity index (χ4n) is 2.85. The molecule has 150 valence electrons. The molecule has 0 saturated carbocycles. The summed E-state index contributed by atoms with van der Waals surface area (Å²) < 4.78 is 12.6. The van der Waals surface area contributed by atoms with Gasteiger partial charge in [0, 0.05) is 17.8 Å². The van der Waals surface area contributed by atoms with Gasteiger partial charge in [-0.1, -0.05) is 42.5 Å². The zero-order valence-electron chi connectivity index (χ0n) is 16.2. The molecule has 0 amide bonds. The van der Waals surface area contributed by atoms with Crippen molar-refractivity contribution < 1.29 is 14.3 Å². The van der Waals surface area contributed by atoms with E-state index in [0.717, 1.165) is 27.6 Å². The molecule has 4 aromatic rings. The van der Waals surface area contributed by atoms with Gasteiger partial charge >= 0.3 is 5.97 Å². The predicted octanol–water partition coefficient (Wildman–Crippen LogP) is 5.24. The summed E-state index contributed by atoms with van der Waals surface area (Å²) in [4.78, 5) is 13.1. The van der Waals surface area contributed by atoms with E-state index in [9.17, 15) is 4.79 Å². The van der Waals surface area contributed by atoms with Crippen LogP contribution in [0, 0.1) is 0 Å². The quantitative estimate of drug-likeness (QED) is 0.224. The van der Waals surface area contributed by atoms with Crippen molar-refractivity contribution in [1.82, 2.24) is 9.78 Å². The van der Waals surface area contributed by atoms with Crippen LogP contribution in [-0.2, 0) is 9.53 Å². The monoisotopic (exact) mass is 416 g/mol. The standard InChI is InChI=1S/C24H20N2O3S/c27-23(29-16-15-28-21-10-5-2-6-11-21)14-13-19-18-26(20-8-3-1-4-9-20)25-24(19)22-12-7-17-30-22/h1-14,17-18H,15-16H2/b14-13+. The van der Waals surface area contributed by atoms with Crippen molar-refractivity contribution in [1.29, 1.82) is 0 Å². The molecule has 0 unspecified atom stereocenters. The molecule has 2 aromatic carbocycles. The zero-order valence-corrected chi connectivity index (χ0v) is 17.0. The largest absolute Gasteiger partial charge is 0.490 e. The normalized spacial score (nSPS) is 10.9. The molecule has 0 aliphatic carbocycles. The van der Waals surface area contributed by atoms with E-state index in [1.165, 1.54) is 6.08 Å². The number of esters is 1. The number of ether oxygens (including phenoxy) is 2. The summed E-state index contributed by atoms with van der Waals surface area (Å²) in [5.74, 6) is 0.328. The number of rotatable bonds is 8. The highest BCUT2D eigenvalue weighted by Gasteiger charge is 2.12. The lowest BCUT2D eigenvalue weighted by Crippen LogP contribution is -2.10. The summed E-state index contributed by atoms with van der Waals surface area (Å²) in [5, 5.41) is 6.72. The topological polar surface area (TPSA) is 53.4 Å². The van der Waals surface area contributed by atoms with Crippen LogP contribution in [-0.4, -0.2) is 29.0 Å². The molecular weight excluding hydrogens is 396 g/mol. The lowest BCUT2D eigenvalue weighted by Gasteiger charge is -2.05. The summed E-state index contributed by atoms with van der Waals surface area (Å²) in [6.45, 7) is 0.481. The number of carbonyl (C=O) groups excluding carboxylic acids is 1. The average molecular weight is 417 g/mol. The Morgan fingerprint density at radius 3 is 2.47 bits per heavy atom. The molecule has 0 fully saturated rings. The molecular formula is C24H20N2O3S. The first-order valence-electron chi connectivity index (χ1n) is 9.51. The van der Waals surface area contributed by atoms with Crippen LogP contribution < -0.4 is 4.74 Å². The molecule has 5 nitrogen and oxygen atoms in total. The summed E-state index contributed by atoms with van der Waals surface area (Å²) in [7, 11) is 0. The highest BCUT2D eigenvalue weighted by molar-refractivity contribution is 7.13. The van der Waals surface area contributed by atoms with Crippen LogP contribution in [0.2, 0.25) is 0 Å². The number of thiophene rings is 1. The molecule has 0 saturated heterocycles. The third kappa shape index (κ3) is 5.04. The van der Waals surface area contributed by atoms with Crippen LogP contribution in [0.5, 0.6) is 5.75 Å². The van der Waals surface area contributed by atoms with E-state index in [0.29, 0.717) is 6.61 Å². The molecule has 2 heterocycles. The lowest BCUT2D eigenvalue weighted by atomic mass is 10.2. The van der Waals surface area contributed by atoms with Crippen LogP contribution >= 0.6 is 11.3 Å². The molecule has 0 aliphatic heterocycles. The van der Waals surface area contributed by atoms with Crippen LogP contribution in [0.15, 0.2) is 90.4 Å². The first-order valence-corrected chi connectivity index (χ1v) is 10.4. The van der Waals surface area contributed by atoms with E-state index in [-0.39, 0.29) is 6.61 Å². The molecule has 30 heavy (non-hydrogen) atoms. The Morgan fingerprint density at radius 2 is 1.73 bits per heavy atom. The molecule has 4 rings (SSSR count). The summed E-state index contributed by atoms with van der Waals surface area (Å²) in [6, 6.07) is 23.3. The molecule has 6 heteroatoms. The predicted molar refractivity (Wildman–Crippen MR) is 119 cm³/mol. The smallest absolute Gasteiger partial charge is 0.330 e. The second-order valence-corrected chi connectivity index (χ2v) is 7.30. The maximum absolute atomic E-state index is 12.1. The number of hydrogen-bond donors (Lipinski definition) is 0. The van der Waals surface area contributed by atoms with E-state index in [1.54, 1.807) is 17.4 Å². The van der Waals surface area contributed by atoms with Crippen LogP contribution in [0.4, 0.5) is 0 Å². The van der Waals surface area contributed by atoms with Crippen molar-refractivity contribution in [2.24, 2.45) is 0 Å². The van der Waals surface area contributed by atoms with Crippen LogP contribution in [0.25, 0.3) is 22.3 Å². The van der Waals surface area contributed by atoms with Crippen LogP contribution in [0.1, 0.15) is 5.56 Å². The van der Waals surface area contributed by atoms with Crippen molar-refractivity contribution in [2.45, 2.75) is 0 Å². The minimum atomic E-state index is -0.420. The number of para-hydroxylation sites is 2. The highest BCUT2D eigenvalue weighted by Crippen LogP contribution is 2.28. The van der Waals surface area contributed by atoms with E-state index >= 15 is 0 Å². The van der Waals surface area contributed by atoms with Gasteiger partial charge in [-0.3, -0.25) is 0 Å². The van der Waals surface area contributed by atoms with Gasteiger partial charge in [0.25, 0.3) is 0 Å². The molecule has 0 atom stereocenters. The minimum Gasteiger partial charge on any atom is -0.490 e. The van der Waals surface area contributed by atoms with Gasteiger partial charge in [0.2, 0.25) is 0 Å². The maximum atomic E-state index is 12.1. The average Bonchev–Trinajstić information content (AvgIpc) is 3.46. The summed E-state index contributed by atoms with van der Waals surface area (Å²) in [5.41, 5.74) is 2.62. The van der Waals surface area contributed by atoms with Crippen molar-refractivity contribution in [2.75, 3.05) is 13.2 Å². The Bertz CT molecular complexity index is 1100. The second kappa shape index (κ2) is 9.71. The zero-order chi connectivity index (χ0) is 20.6. The summed E-state index contributed by atoms with van der Waals surface area (Å²) >= 11 is 1.61. The number of aromatic nitrogens is 2. The van der Waals surface area contributed by atoms with Gasteiger partial charge < -0.3 is 9.47 Å². The number of benzene rings is 2. The van der Waals surface area contributed by atoms with Gasteiger partial charge in [-0.2, -0.15) is 5.10 Å². The molecule has 0 spiro atoms. The third-order valence-electron chi connectivity index (χ3n) is 4.26. The van der Waals surface area contributed by atoms with Crippen LogP contribution in [0.3, 0.4) is 0 Å². The molecule has 2 aromatic heterocycles. The van der Waals surface area contributed by atoms with Crippen molar-refractivity contribution in [3.8, 4) is 22.0 Å². The lowest BCUT2D eigenvalue weighted by molar-refractivity contribution is -0.138. The van der Waals surface area contributed by atoms with Gasteiger partial charge in [0.05, 0.1) is 10.6 Å². The fourth-order valence-corrected chi connectivity index (χ4v) is 3.58. The Morgan fingerprint density at radius 1 is 0.967 bits per heavy atom. The summed E-state index contributed by atoms with van der Waals surface area (Å²) in [6.07, 6.45) is 5.07. The van der Waals surface area contributed by atoms with E-state index < -0.39 is 5.97 Å². The molecule has 0 N–H and O–H groups in total. The van der Waals surface area contributed by atoms with E-state index in [4.69, 9.17) is 14.6 Å². The first kappa shape index (κ1) is 19.7. The van der Waals surface area contributed by atoms with Crippen molar-refractivity contribution in [3.05, 3.63) is 96.0 Å². The minimum absolute atomic E-state index is 0.180. The number of carbonyl (C=O) groups is 1. The first-order chi connectivity index (χ1) is 14.8. The van der Waals surface area contributed by atoms with Gasteiger partial charge in [-0.25, -0.2) is 9.48 Å². The fraction of sp³-hybridized carbons (Fsp3) is 0.0833. The Labute approximate surface area is 178 Å². The Balaban J connectivity index is 1.42. The maximum Gasteiger partial charge on any atom is 0.330 e. The van der Waals surface area contributed by atoms with E-state index in [2.05, 4.69) is 0 Å². The molecule has 0 radical (unpaired) electrons. The van der Waals surface area contributed by atoms with Crippen molar-refractivity contribution >= 4 is 23.4 Å². The van der Waals surface area contributed by atoms with E-state index in [1.807, 2.05) is 89.1 Å². The number of nitrogens with zero attached hydrogens (tertiary/aromatic N) is 2. The third-order valence-corrected chi connectivity index (χ3v) is 5.13. The van der Waals surface area contributed by atoms with Gasteiger partial charge in [-0.15, -0.1) is 11.3 Å². The van der Waals surface area contributed by atoms with Gasteiger partial charge in [0.15, 0.2) is 0 Å². The second-order valence-electron chi connectivity index (χ2n) is 6.35. The SMILES string of the molecule is O=C(/C=C/c1cn(-c2ccccc2)nc1-c1cccs1)OCCOc1ccccc1. The number of hydrogen-bond acceptors (Lipinski definition) is 5. The highest BCUT2D eigenvalue weighted by atomic mass is 32.1.